The second kappa shape index (κ2) is 8.22. The molecule has 0 aromatic heterocycles. The minimum atomic E-state index is -1.42. The molecule has 0 radical (unpaired) electrons. The molecule has 0 unspecified atom stereocenters. The van der Waals surface area contributed by atoms with Crippen LogP contribution in [0.25, 0.3) is 0 Å². The number of primary amides is 1. The van der Waals surface area contributed by atoms with Gasteiger partial charge in [-0.15, -0.1) is 0 Å². The molecule has 0 saturated carbocycles. The van der Waals surface area contributed by atoms with E-state index in [2.05, 4.69) is 5.32 Å². The summed E-state index contributed by atoms with van der Waals surface area (Å²) in [5.41, 5.74) is 11.7. The second-order valence-electron chi connectivity index (χ2n) is 6.88. The third kappa shape index (κ3) is 3.75. The molecule has 0 spiro atoms. The van der Waals surface area contributed by atoms with E-state index in [4.69, 9.17) is 11.5 Å². The van der Waals surface area contributed by atoms with E-state index in [1.54, 1.807) is 0 Å². The Balaban J connectivity index is 1.95. The SMILES string of the molecule is NC(=O)CNC(=O)[C@@H]1CCCN1C(=O)C(N)(c1ccccc1)c1ccccc1. The van der Waals surface area contributed by atoms with Gasteiger partial charge < -0.3 is 21.7 Å². The maximum Gasteiger partial charge on any atom is 0.252 e. The fraction of sp³-hybridized carbons (Fsp3) is 0.286. The van der Waals surface area contributed by atoms with Crippen LogP contribution in [-0.2, 0) is 19.9 Å². The summed E-state index contributed by atoms with van der Waals surface area (Å²) in [6.07, 6.45) is 1.19. The van der Waals surface area contributed by atoms with Gasteiger partial charge in [0, 0.05) is 6.54 Å². The molecule has 2 aromatic carbocycles. The first kappa shape index (κ1) is 19.6. The molecular weight excluding hydrogens is 356 g/mol. The van der Waals surface area contributed by atoms with E-state index in [1.165, 1.54) is 4.90 Å². The number of benzene rings is 2. The van der Waals surface area contributed by atoms with Gasteiger partial charge in [0.2, 0.25) is 11.8 Å². The van der Waals surface area contributed by atoms with Crippen LogP contribution in [0.3, 0.4) is 0 Å². The predicted molar refractivity (Wildman–Crippen MR) is 105 cm³/mol. The van der Waals surface area contributed by atoms with Gasteiger partial charge in [0.05, 0.1) is 6.54 Å². The van der Waals surface area contributed by atoms with Crippen molar-refractivity contribution < 1.29 is 14.4 Å². The Hall–Kier alpha value is -3.19. The number of hydrogen-bond donors (Lipinski definition) is 3. The Kier molecular flexibility index (Phi) is 5.75. The Morgan fingerprint density at radius 3 is 2.04 bits per heavy atom. The lowest BCUT2D eigenvalue weighted by Gasteiger charge is -2.35. The van der Waals surface area contributed by atoms with Crippen molar-refractivity contribution in [1.29, 1.82) is 0 Å². The van der Waals surface area contributed by atoms with E-state index >= 15 is 0 Å². The molecule has 1 fully saturated rings. The number of amides is 3. The number of hydrogen-bond acceptors (Lipinski definition) is 4. The van der Waals surface area contributed by atoms with Crippen LogP contribution < -0.4 is 16.8 Å². The summed E-state index contributed by atoms with van der Waals surface area (Å²) in [7, 11) is 0. The lowest BCUT2D eigenvalue weighted by Crippen LogP contribution is -2.57. The maximum atomic E-state index is 13.7. The van der Waals surface area contributed by atoms with Crippen LogP contribution in [0.1, 0.15) is 24.0 Å². The van der Waals surface area contributed by atoms with Gasteiger partial charge in [-0.2, -0.15) is 0 Å². The smallest absolute Gasteiger partial charge is 0.252 e. The Morgan fingerprint density at radius 2 is 1.54 bits per heavy atom. The van der Waals surface area contributed by atoms with E-state index in [0.717, 1.165) is 0 Å². The van der Waals surface area contributed by atoms with Crippen molar-refractivity contribution in [1.82, 2.24) is 10.2 Å². The van der Waals surface area contributed by atoms with Gasteiger partial charge in [0.15, 0.2) is 0 Å². The summed E-state index contributed by atoms with van der Waals surface area (Å²) >= 11 is 0. The molecule has 146 valence electrons. The fourth-order valence-electron chi connectivity index (χ4n) is 3.62. The standard InChI is InChI=1S/C21H24N4O3/c22-18(26)14-24-19(27)17-12-7-13-25(17)20(28)21(23,15-8-3-1-4-9-15)16-10-5-2-6-11-16/h1-6,8-11,17H,7,12-14,23H2,(H2,22,26)(H,24,27)/t17-/m0/s1. The topological polar surface area (TPSA) is 119 Å². The zero-order valence-electron chi connectivity index (χ0n) is 15.5. The average molecular weight is 380 g/mol. The molecule has 3 rings (SSSR count). The second-order valence-corrected chi connectivity index (χ2v) is 6.88. The number of rotatable bonds is 6. The number of nitrogens with zero attached hydrogens (tertiary/aromatic N) is 1. The molecule has 3 amide bonds. The van der Waals surface area contributed by atoms with Crippen LogP contribution in [-0.4, -0.2) is 41.8 Å². The molecule has 7 heteroatoms. The fourth-order valence-corrected chi connectivity index (χ4v) is 3.62. The number of carbonyl (C=O) groups is 3. The summed E-state index contributed by atoms with van der Waals surface area (Å²) in [5.74, 6) is -1.37. The minimum Gasteiger partial charge on any atom is -0.368 e. The van der Waals surface area contributed by atoms with Crippen LogP contribution in [0, 0.1) is 0 Å². The van der Waals surface area contributed by atoms with Gasteiger partial charge in [-0.05, 0) is 24.0 Å². The summed E-state index contributed by atoms with van der Waals surface area (Å²) in [4.78, 5) is 38.6. The van der Waals surface area contributed by atoms with Gasteiger partial charge in [0.1, 0.15) is 11.6 Å². The predicted octanol–water partition coefficient (Wildman–Crippen LogP) is 0.481. The van der Waals surface area contributed by atoms with Crippen LogP contribution >= 0.6 is 0 Å². The van der Waals surface area contributed by atoms with Gasteiger partial charge in [-0.3, -0.25) is 14.4 Å². The van der Waals surface area contributed by atoms with E-state index in [9.17, 15) is 14.4 Å². The molecule has 1 heterocycles. The number of carbonyl (C=O) groups excluding carboxylic acids is 3. The third-order valence-corrected chi connectivity index (χ3v) is 5.05. The lowest BCUT2D eigenvalue weighted by molar-refractivity contribution is -0.142. The normalized spacial score (nSPS) is 16.6. The number of nitrogens with one attached hydrogen (secondary N) is 1. The quantitative estimate of drug-likeness (QED) is 0.675. The highest BCUT2D eigenvalue weighted by molar-refractivity contribution is 5.96. The molecule has 1 aliphatic rings. The van der Waals surface area contributed by atoms with Crippen molar-refractivity contribution in [3.63, 3.8) is 0 Å². The summed E-state index contributed by atoms with van der Waals surface area (Å²) in [5, 5.41) is 2.49. The van der Waals surface area contributed by atoms with Crippen molar-refractivity contribution in [2.75, 3.05) is 13.1 Å². The van der Waals surface area contributed by atoms with Gasteiger partial charge >= 0.3 is 0 Å². The molecular formula is C21H24N4O3. The highest BCUT2D eigenvalue weighted by atomic mass is 16.2. The molecule has 0 aliphatic carbocycles. The molecule has 2 aromatic rings. The zero-order valence-corrected chi connectivity index (χ0v) is 15.5. The molecule has 5 N–H and O–H groups in total. The van der Waals surface area contributed by atoms with E-state index in [-0.39, 0.29) is 12.5 Å². The van der Waals surface area contributed by atoms with E-state index < -0.39 is 23.4 Å². The van der Waals surface area contributed by atoms with Crippen LogP contribution in [0.4, 0.5) is 0 Å². The number of nitrogens with two attached hydrogens (primary N) is 2. The molecule has 1 saturated heterocycles. The van der Waals surface area contributed by atoms with Crippen LogP contribution in [0.2, 0.25) is 0 Å². The van der Waals surface area contributed by atoms with Crippen molar-refractivity contribution in [2.45, 2.75) is 24.4 Å². The maximum absolute atomic E-state index is 13.7. The number of likely N-dealkylation sites (tertiary alicyclic amines) is 1. The van der Waals surface area contributed by atoms with E-state index in [1.807, 2.05) is 60.7 Å². The monoisotopic (exact) mass is 380 g/mol. The highest BCUT2D eigenvalue weighted by Crippen LogP contribution is 2.32. The Morgan fingerprint density at radius 1 is 1.00 bits per heavy atom. The molecule has 1 aliphatic heterocycles. The van der Waals surface area contributed by atoms with Crippen LogP contribution in [0.5, 0.6) is 0 Å². The first-order valence-corrected chi connectivity index (χ1v) is 9.21. The van der Waals surface area contributed by atoms with Gasteiger partial charge in [0.25, 0.3) is 5.91 Å². The lowest BCUT2D eigenvalue weighted by atomic mass is 9.82. The van der Waals surface area contributed by atoms with Crippen molar-refractivity contribution in [3.8, 4) is 0 Å². The Labute approximate surface area is 163 Å². The van der Waals surface area contributed by atoms with Crippen molar-refractivity contribution in [2.24, 2.45) is 11.5 Å². The average Bonchev–Trinajstić information content (AvgIpc) is 3.22. The van der Waals surface area contributed by atoms with Crippen LogP contribution in [0.15, 0.2) is 60.7 Å². The summed E-state index contributed by atoms with van der Waals surface area (Å²) < 4.78 is 0. The zero-order chi connectivity index (χ0) is 20.1. The Bertz CT molecular complexity index is 815. The minimum absolute atomic E-state index is 0.261. The summed E-state index contributed by atoms with van der Waals surface area (Å²) in [6.45, 7) is 0.161. The van der Waals surface area contributed by atoms with E-state index in [0.29, 0.717) is 30.5 Å². The largest absolute Gasteiger partial charge is 0.368 e. The van der Waals surface area contributed by atoms with Gasteiger partial charge in [-0.1, -0.05) is 60.7 Å². The van der Waals surface area contributed by atoms with Crippen molar-refractivity contribution >= 4 is 17.7 Å². The highest BCUT2D eigenvalue weighted by Gasteiger charge is 2.45. The van der Waals surface area contributed by atoms with Crippen molar-refractivity contribution in [3.05, 3.63) is 71.8 Å². The third-order valence-electron chi connectivity index (χ3n) is 5.05. The first-order chi connectivity index (χ1) is 13.4. The molecule has 1 atom stereocenters. The molecule has 28 heavy (non-hydrogen) atoms. The molecule has 0 bridgehead atoms. The van der Waals surface area contributed by atoms with Gasteiger partial charge in [-0.25, -0.2) is 0 Å². The first-order valence-electron chi connectivity index (χ1n) is 9.21. The summed E-state index contributed by atoms with van der Waals surface area (Å²) in [6, 6.07) is 17.6. The molecule has 7 nitrogen and oxygen atoms in total.